The van der Waals surface area contributed by atoms with E-state index in [2.05, 4.69) is 212 Å². The molecule has 0 aliphatic heterocycles. The van der Waals surface area contributed by atoms with E-state index in [0.29, 0.717) is 38.6 Å². The van der Waals surface area contributed by atoms with E-state index in [1.165, 1.54) is 52.1 Å². The monoisotopic (exact) mass is 1510 g/mol. The number of hydrogen-bond donors (Lipinski definition) is 4. The first kappa shape index (κ1) is 73.8. The molecule has 14 aromatic rings. The van der Waals surface area contributed by atoms with Crippen molar-refractivity contribution in [2.24, 2.45) is 0 Å². The number of pyridine rings is 2. The van der Waals surface area contributed by atoms with E-state index in [9.17, 15) is 22.8 Å². The summed E-state index contributed by atoms with van der Waals surface area (Å²) in [5, 5.41) is 41.0. The zero-order chi connectivity index (χ0) is 70.0. The molecular weight excluding hydrogens is 1450 g/mol. The van der Waals surface area contributed by atoms with Crippen LogP contribution in [-0.4, -0.2) is 73.7 Å². The Balaban J connectivity index is 0.000000146. The van der Waals surface area contributed by atoms with Crippen LogP contribution in [0.4, 0.5) is 13.2 Å². The first-order valence-electron chi connectivity index (χ1n) is 30.2. The predicted molar refractivity (Wildman–Crippen MR) is 395 cm³/mol. The van der Waals surface area contributed by atoms with E-state index in [1.807, 2.05) is 30.3 Å². The molecule has 14 rings (SSSR count). The summed E-state index contributed by atoms with van der Waals surface area (Å²) < 4.78 is 47.9. The number of rotatable bonds is 12. The SMILES string of the molecule is COC(=O)c1cc(-c2cccnc2-c2ccc(F)c(C)c2)cc2cn[nH]c12.COC(=O)c1cc(-c2cccnc2Cl)cc2cn[nH]c12.OB(O)c1ccc(F)c(F)c1.[Cl][Pd][Cl].c1ccc(P(c2ccccc2)c2ccccc2)cc1.c1ccc(P(c2ccccc2)c2ccccc2)cc1. The Morgan fingerprint density at radius 3 is 1.19 bits per heavy atom. The van der Waals surface area contributed by atoms with Crippen LogP contribution in [0, 0.1) is 24.4 Å². The maximum atomic E-state index is 13.7. The summed E-state index contributed by atoms with van der Waals surface area (Å²) in [6, 6.07) is 86.9. The van der Waals surface area contributed by atoms with E-state index in [0.717, 1.165) is 56.8 Å². The van der Waals surface area contributed by atoms with E-state index in [4.69, 9.17) is 50.2 Å². The number of methoxy groups -OCH3 is 2. The Hall–Kier alpha value is -9.45. The number of esters is 2. The van der Waals surface area contributed by atoms with Crippen LogP contribution in [0.3, 0.4) is 0 Å². The summed E-state index contributed by atoms with van der Waals surface area (Å²) in [4.78, 5) is 32.6. The van der Waals surface area contributed by atoms with Crippen molar-refractivity contribution in [2.45, 2.75) is 6.92 Å². The summed E-state index contributed by atoms with van der Waals surface area (Å²) in [6.45, 7) is 1.72. The molecule has 0 unspecified atom stereocenters. The Labute approximate surface area is 594 Å². The van der Waals surface area contributed by atoms with Crippen LogP contribution in [0.25, 0.3) is 55.3 Å². The topological polar surface area (TPSA) is 176 Å². The summed E-state index contributed by atoms with van der Waals surface area (Å²) in [5.41, 5.74) is 7.23. The number of halogens is 6. The van der Waals surface area contributed by atoms with Gasteiger partial charge in [0.1, 0.15) is 11.0 Å². The quantitative estimate of drug-likeness (QED) is 0.0399. The Kier molecular flexibility index (Phi) is 27.9. The predicted octanol–water partition coefficient (Wildman–Crippen LogP) is 15.5. The smallest absolute Gasteiger partial charge is 0.0134 e. The third kappa shape index (κ3) is 19.9. The van der Waals surface area contributed by atoms with Crippen molar-refractivity contribution < 1.29 is 58.2 Å². The van der Waals surface area contributed by atoms with Crippen molar-refractivity contribution in [1.82, 2.24) is 30.4 Å². The van der Waals surface area contributed by atoms with Crippen LogP contribution in [0.15, 0.2) is 292 Å². The zero-order valence-corrected chi connectivity index (χ0v) is 58.7. The number of carbonyl (C=O) groups excluding carboxylic acids is 2. The molecule has 22 heteroatoms. The van der Waals surface area contributed by atoms with Crippen molar-refractivity contribution >= 4 is 125 Å². The second kappa shape index (κ2) is 37.5. The van der Waals surface area contributed by atoms with Gasteiger partial charge in [0.2, 0.25) is 0 Å². The first-order chi connectivity index (χ1) is 48.2. The van der Waals surface area contributed by atoms with Gasteiger partial charge in [0.25, 0.3) is 0 Å². The van der Waals surface area contributed by atoms with Crippen LogP contribution in [0.2, 0.25) is 5.15 Å². The third-order valence-electron chi connectivity index (χ3n) is 14.9. The minimum Gasteiger partial charge on any atom is -0.0622 e. The third-order valence-corrected chi connectivity index (χ3v) is 20.0. The van der Waals surface area contributed by atoms with Gasteiger partial charge in [-0.3, -0.25) is 15.2 Å². The Morgan fingerprint density at radius 1 is 0.455 bits per heavy atom. The molecule has 500 valence electrons. The summed E-state index contributed by atoms with van der Waals surface area (Å²) >= 11 is 5.99. The number of aromatic nitrogens is 6. The minimum atomic E-state index is -1.76. The molecule has 0 spiro atoms. The van der Waals surface area contributed by atoms with Gasteiger partial charge in [-0.05, 0) is 150 Å². The number of aryl methyl sites for hydroxylation is 1. The molecule has 0 aliphatic rings. The fourth-order valence-electron chi connectivity index (χ4n) is 10.3. The fourth-order valence-corrected chi connectivity index (χ4v) is 15.1. The van der Waals surface area contributed by atoms with Crippen molar-refractivity contribution in [3.05, 3.63) is 331 Å². The summed E-state index contributed by atoms with van der Waals surface area (Å²) in [6.07, 6.45) is 6.61. The molecule has 0 radical (unpaired) electrons. The van der Waals surface area contributed by atoms with E-state index < -0.39 is 46.5 Å². The van der Waals surface area contributed by atoms with Gasteiger partial charge in [-0.1, -0.05) is 206 Å². The van der Waals surface area contributed by atoms with E-state index in [1.54, 1.807) is 62.0 Å². The van der Waals surface area contributed by atoms with Crippen molar-refractivity contribution in [2.75, 3.05) is 14.2 Å². The zero-order valence-electron chi connectivity index (χ0n) is 53.1. The first-order valence-corrected chi connectivity index (χ1v) is 37.3. The average molecular weight is 1510 g/mol. The number of ether oxygens (including phenoxy) is 2. The van der Waals surface area contributed by atoms with E-state index in [-0.39, 0.29) is 27.2 Å². The average Bonchev–Trinajstić information content (AvgIpc) is 1.75. The number of hydrogen-bond acceptors (Lipinski definition) is 10. The number of carbonyl (C=O) groups is 2. The molecular formula is C77H61BCl3F3N6O6P2Pd. The van der Waals surface area contributed by atoms with Crippen LogP contribution < -0.4 is 37.3 Å². The van der Waals surface area contributed by atoms with Gasteiger partial charge in [-0.2, -0.15) is 10.2 Å². The summed E-state index contributed by atoms with van der Waals surface area (Å²) in [7, 11) is 9.66. The number of benzene rings is 10. The van der Waals surface area contributed by atoms with Gasteiger partial charge >= 0.3 is 54.1 Å². The van der Waals surface area contributed by atoms with Gasteiger partial charge in [-0.15, -0.1) is 0 Å². The van der Waals surface area contributed by atoms with Crippen molar-refractivity contribution in [1.29, 1.82) is 0 Å². The standard InChI is InChI=1S/C21H16FN3O2.2C18H15P.C14H10ClN3O2.C6H5BF2O2.2ClH.Pd/c1-12-8-13(5-6-18(12)22)19-16(4-3-7-23-19)14-9-15-11-24-25-20(15)17(10-14)21(26)27-2;2*1-4-10-16(11-5-1)19(17-12-6-2-7-13-17)18-14-8-3-9-15-18;1-20-14(19)11-6-8(5-9-7-17-18-12(9)11)10-3-2-4-16-13(10)15;8-5-2-1-4(7(10)11)3-6(5)9;;;/h3-11H,1-2H3,(H,24,25);2*1-15H;2-7H,1H3,(H,17,18);1-3,10-11H;2*1H;/q;;;;;;;+2/p-2. The molecule has 99 heavy (non-hydrogen) atoms. The molecule has 0 saturated carbocycles. The number of aromatic amines is 2. The van der Waals surface area contributed by atoms with Crippen LogP contribution in [-0.2, 0) is 25.4 Å². The minimum absolute atomic E-state index is 0.0658. The van der Waals surface area contributed by atoms with Crippen molar-refractivity contribution in [3.8, 4) is 33.5 Å². The molecule has 10 aromatic carbocycles. The molecule has 0 amide bonds. The largest absolute Gasteiger partial charge is 0.0622 e. The van der Waals surface area contributed by atoms with Gasteiger partial charge in [0.05, 0.1) is 54.5 Å². The van der Waals surface area contributed by atoms with Crippen LogP contribution >= 0.6 is 46.5 Å². The molecule has 4 heterocycles. The van der Waals surface area contributed by atoms with Crippen LogP contribution in [0.1, 0.15) is 26.3 Å². The molecule has 0 aliphatic carbocycles. The van der Waals surface area contributed by atoms with Crippen LogP contribution in [0.5, 0.6) is 0 Å². The van der Waals surface area contributed by atoms with Gasteiger partial charge in [0, 0.05) is 39.9 Å². The summed E-state index contributed by atoms with van der Waals surface area (Å²) in [5.74, 6) is -3.23. The molecule has 12 nitrogen and oxygen atoms in total. The molecule has 0 atom stereocenters. The van der Waals surface area contributed by atoms with Gasteiger partial charge < -0.3 is 19.5 Å². The second-order valence-electron chi connectivity index (χ2n) is 21.2. The van der Waals surface area contributed by atoms with Gasteiger partial charge in [-0.25, -0.2) is 27.7 Å². The Morgan fingerprint density at radius 2 is 0.828 bits per heavy atom. The molecule has 4 N–H and O–H groups in total. The van der Waals surface area contributed by atoms with E-state index >= 15 is 0 Å². The second-order valence-corrected chi connectivity index (χ2v) is 28.3. The number of fused-ring (bicyclic) bond motifs is 2. The maximum absolute atomic E-state index is 13.7. The normalized spacial score (nSPS) is 10.5. The Bertz CT molecular complexity index is 4590. The fraction of sp³-hybridized carbons (Fsp3) is 0.0390. The molecule has 0 bridgehead atoms. The van der Waals surface area contributed by atoms with Gasteiger partial charge in [0.15, 0.2) is 11.6 Å². The molecule has 0 saturated heterocycles. The number of H-pyrrole nitrogens is 2. The van der Waals surface area contributed by atoms with Crippen molar-refractivity contribution in [3.63, 3.8) is 0 Å². The molecule has 4 aromatic heterocycles. The number of nitrogens with one attached hydrogen (secondary N) is 2. The number of nitrogens with zero attached hydrogens (tertiary/aromatic N) is 4. The molecule has 0 fully saturated rings. The maximum Gasteiger partial charge on any atom is -0.0134 e.